The second kappa shape index (κ2) is 9.08. The van der Waals surface area contributed by atoms with Gasteiger partial charge in [-0.3, -0.25) is 14.3 Å². The Morgan fingerprint density at radius 2 is 1.97 bits per heavy atom. The molecule has 2 aliphatic heterocycles. The Morgan fingerprint density at radius 1 is 1.17 bits per heavy atom. The number of carbonyl (C=O) groups excluding carboxylic acids is 2. The summed E-state index contributed by atoms with van der Waals surface area (Å²) in [5.74, 6) is 0.589. The molecule has 3 aliphatic rings. The van der Waals surface area contributed by atoms with Crippen molar-refractivity contribution in [3.8, 4) is 0 Å². The van der Waals surface area contributed by atoms with Crippen molar-refractivity contribution < 1.29 is 14.3 Å². The number of methoxy groups -OCH3 is 1. The fourth-order valence-corrected chi connectivity index (χ4v) is 5.40. The number of aromatic nitrogens is 2. The first-order valence-corrected chi connectivity index (χ1v) is 11.7. The summed E-state index contributed by atoms with van der Waals surface area (Å²) in [6, 6.07) is 1.98. The van der Waals surface area contributed by atoms with Gasteiger partial charge in [0.2, 0.25) is 5.91 Å². The molecule has 0 spiro atoms. The summed E-state index contributed by atoms with van der Waals surface area (Å²) in [5.41, 5.74) is 1.46. The first-order chi connectivity index (χ1) is 14.5. The fourth-order valence-electron chi connectivity index (χ4n) is 5.40. The second-order valence-corrected chi connectivity index (χ2v) is 9.53. The highest BCUT2D eigenvalue weighted by Crippen LogP contribution is 2.39. The van der Waals surface area contributed by atoms with Gasteiger partial charge >= 0.3 is 0 Å². The fraction of sp³-hybridized carbons (Fsp3) is 0.783. The van der Waals surface area contributed by atoms with Gasteiger partial charge in [-0.25, -0.2) is 0 Å². The minimum absolute atomic E-state index is 0.0433. The molecule has 30 heavy (non-hydrogen) atoms. The number of carbonyl (C=O) groups is 2. The highest BCUT2D eigenvalue weighted by Gasteiger charge is 2.39. The smallest absolute Gasteiger partial charge is 0.272 e. The van der Waals surface area contributed by atoms with Crippen molar-refractivity contribution in [2.45, 2.75) is 70.8 Å². The Balaban J connectivity index is 1.48. The molecule has 1 saturated carbocycles. The lowest BCUT2D eigenvalue weighted by molar-refractivity contribution is -0.144. The van der Waals surface area contributed by atoms with Crippen LogP contribution in [0.25, 0.3) is 0 Å². The molecule has 2 amide bonds. The van der Waals surface area contributed by atoms with Crippen LogP contribution in [-0.2, 0) is 16.1 Å². The number of aryl methyl sites for hydroxylation is 1. The van der Waals surface area contributed by atoms with Crippen molar-refractivity contribution >= 4 is 11.8 Å². The third-order valence-corrected chi connectivity index (χ3v) is 7.27. The number of hydrogen-bond donors (Lipinski definition) is 0. The normalized spacial score (nSPS) is 24.5. The molecule has 7 heteroatoms. The van der Waals surface area contributed by atoms with Crippen molar-refractivity contribution in [1.82, 2.24) is 19.6 Å². The summed E-state index contributed by atoms with van der Waals surface area (Å²) >= 11 is 0. The molecule has 0 radical (unpaired) electrons. The largest absolute Gasteiger partial charge is 0.383 e. The second-order valence-electron chi connectivity index (χ2n) is 9.53. The van der Waals surface area contributed by atoms with Crippen LogP contribution in [-0.4, -0.2) is 71.3 Å². The van der Waals surface area contributed by atoms with Gasteiger partial charge in [-0.15, -0.1) is 0 Å². The molecule has 2 fully saturated rings. The van der Waals surface area contributed by atoms with E-state index in [1.54, 1.807) is 7.11 Å². The highest BCUT2D eigenvalue weighted by atomic mass is 16.5. The molecule has 0 bridgehead atoms. The monoisotopic (exact) mass is 416 g/mol. The Morgan fingerprint density at radius 3 is 2.73 bits per heavy atom. The molecule has 1 atom stereocenters. The molecule has 166 valence electrons. The summed E-state index contributed by atoms with van der Waals surface area (Å²) in [5, 5.41) is 4.82. The van der Waals surface area contributed by atoms with Crippen LogP contribution in [0, 0.1) is 5.41 Å². The summed E-state index contributed by atoms with van der Waals surface area (Å²) in [6.07, 6.45) is 8.53. The molecule has 0 N–H and O–H groups in total. The lowest BCUT2D eigenvalue weighted by Gasteiger charge is -2.40. The molecule has 1 unspecified atom stereocenters. The van der Waals surface area contributed by atoms with Gasteiger partial charge in [-0.2, -0.15) is 5.10 Å². The van der Waals surface area contributed by atoms with E-state index in [0.717, 1.165) is 76.8 Å². The van der Waals surface area contributed by atoms with Crippen molar-refractivity contribution in [1.29, 1.82) is 0 Å². The molecule has 3 heterocycles. The van der Waals surface area contributed by atoms with Crippen LogP contribution < -0.4 is 0 Å². The van der Waals surface area contributed by atoms with Gasteiger partial charge in [-0.1, -0.05) is 26.2 Å². The molecule has 1 aromatic rings. The average molecular weight is 417 g/mol. The zero-order valence-electron chi connectivity index (χ0n) is 18.6. The Bertz CT molecular complexity index is 768. The van der Waals surface area contributed by atoms with Gasteiger partial charge in [0.05, 0.1) is 12.3 Å². The van der Waals surface area contributed by atoms with Crippen LogP contribution in [0.5, 0.6) is 0 Å². The van der Waals surface area contributed by atoms with Crippen molar-refractivity contribution in [3.05, 3.63) is 17.5 Å². The third kappa shape index (κ3) is 4.27. The van der Waals surface area contributed by atoms with E-state index in [2.05, 4.69) is 11.8 Å². The van der Waals surface area contributed by atoms with E-state index in [4.69, 9.17) is 9.84 Å². The van der Waals surface area contributed by atoms with Crippen LogP contribution in [0.4, 0.5) is 0 Å². The van der Waals surface area contributed by atoms with E-state index in [1.165, 1.54) is 6.42 Å². The van der Waals surface area contributed by atoms with E-state index >= 15 is 0 Å². The summed E-state index contributed by atoms with van der Waals surface area (Å²) < 4.78 is 7.04. The molecular weight excluding hydrogens is 380 g/mol. The molecule has 1 saturated heterocycles. The van der Waals surface area contributed by atoms with Crippen molar-refractivity contribution in [2.24, 2.45) is 5.41 Å². The maximum Gasteiger partial charge on any atom is 0.272 e. The minimum Gasteiger partial charge on any atom is -0.383 e. The Kier molecular flexibility index (Phi) is 6.46. The number of ether oxygens (including phenoxy) is 1. The van der Waals surface area contributed by atoms with Gasteiger partial charge in [-0.05, 0) is 38.2 Å². The summed E-state index contributed by atoms with van der Waals surface area (Å²) in [6.45, 7) is 6.40. The van der Waals surface area contributed by atoms with E-state index in [0.29, 0.717) is 24.8 Å². The maximum absolute atomic E-state index is 13.3. The van der Waals surface area contributed by atoms with Crippen LogP contribution >= 0.6 is 0 Å². The zero-order chi connectivity index (χ0) is 21.1. The topological polar surface area (TPSA) is 67.7 Å². The van der Waals surface area contributed by atoms with Gasteiger partial charge in [0.1, 0.15) is 5.69 Å². The predicted octanol–water partition coefficient (Wildman–Crippen LogP) is 3.05. The minimum atomic E-state index is -0.191. The highest BCUT2D eigenvalue weighted by molar-refractivity contribution is 5.93. The van der Waals surface area contributed by atoms with Gasteiger partial charge < -0.3 is 14.5 Å². The quantitative estimate of drug-likeness (QED) is 0.740. The molecule has 1 aromatic heterocycles. The number of piperidine rings is 1. The number of rotatable bonds is 5. The van der Waals surface area contributed by atoms with Crippen LogP contribution in [0.3, 0.4) is 0 Å². The lowest BCUT2D eigenvalue weighted by Crippen LogP contribution is -2.47. The summed E-state index contributed by atoms with van der Waals surface area (Å²) in [4.78, 5) is 30.3. The van der Waals surface area contributed by atoms with E-state index in [1.807, 2.05) is 15.6 Å². The molecule has 7 nitrogen and oxygen atoms in total. The number of likely N-dealkylation sites (tertiary alicyclic amines) is 1. The number of nitrogens with zero attached hydrogens (tertiary/aromatic N) is 4. The van der Waals surface area contributed by atoms with Crippen LogP contribution in [0.15, 0.2) is 6.07 Å². The van der Waals surface area contributed by atoms with E-state index in [9.17, 15) is 9.59 Å². The van der Waals surface area contributed by atoms with Crippen molar-refractivity contribution in [2.75, 3.05) is 39.9 Å². The van der Waals surface area contributed by atoms with Crippen molar-refractivity contribution in [3.63, 3.8) is 0 Å². The SMILES string of the molecule is COCCN1CCCn2nc(C3CCCN(C(=O)C4(C)CCCCC4)C3)cc2C1=O. The lowest BCUT2D eigenvalue weighted by atomic mass is 9.74. The van der Waals surface area contributed by atoms with E-state index in [-0.39, 0.29) is 17.2 Å². The first kappa shape index (κ1) is 21.3. The van der Waals surface area contributed by atoms with Gasteiger partial charge in [0, 0.05) is 51.2 Å². The Labute approximate surface area is 179 Å². The average Bonchev–Trinajstić information content (AvgIpc) is 3.14. The van der Waals surface area contributed by atoms with E-state index < -0.39 is 0 Å². The number of amides is 2. The standard InChI is InChI=1S/C23H36N4O3/c1-23(9-4-3-5-10-23)22(29)26-11-6-8-18(17-26)19-16-20-21(28)25(14-15-30-2)12-7-13-27(20)24-19/h16,18H,3-15,17H2,1-2H3. The van der Waals surface area contributed by atoms with Crippen LogP contribution in [0.1, 0.15) is 80.4 Å². The molecular formula is C23H36N4O3. The Hall–Kier alpha value is -1.89. The number of hydrogen-bond acceptors (Lipinski definition) is 4. The first-order valence-electron chi connectivity index (χ1n) is 11.7. The van der Waals surface area contributed by atoms with Crippen LogP contribution in [0.2, 0.25) is 0 Å². The molecule has 1 aliphatic carbocycles. The molecule has 4 rings (SSSR count). The van der Waals surface area contributed by atoms with Gasteiger partial charge in [0.25, 0.3) is 5.91 Å². The molecule has 0 aromatic carbocycles. The summed E-state index contributed by atoms with van der Waals surface area (Å²) in [7, 11) is 1.66. The maximum atomic E-state index is 13.3. The third-order valence-electron chi connectivity index (χ3n) is 7.27. The predicted molar refractivity (Wildman–Crippen MR) is 114 cm³/mol. The number of fused-ring (bicyclic) bond motifs is 1. The zero-order valence-corrected chi connectivity index (χ0v) is 18.6. The van der Waals surface area contributed by atoms with Gasteiger partial charge in [0.15, 0.2) is 0 Å².